The molecule has 0 bridgehead atoms. The molecule has 164 valence electrons. The summed E-state index contributed by atoms with van der Waals surface area (Å²) in [5, 5.41) is 12.5. The van der Waals surface area contributed by atoms with Gasteiger partial charge in [-0.05, 0) is 43.2 Å². The van der Waals surface area contributed by atoms with Gasteiger partial charge in [-0.15, -0.1) is 0 Å². The van der Waals surface area contributed by atoms with Crippen molar-refractivity contribution in [3.05, 3.63) is 90.3 Å². The van der Waals surface area contributed by atoms with Crippen molar-refractivity contribution in [3.63, 3.8) is 0 Å². The van der Waals surface area contributed by atoms with Crippen molar-refractivity contribution >= 4 is 22.8 Å². The third-order valence-electron chi connectivity index (χ3n) is 5.20. The molecule has 3 aromatic heterocycles. The second-order valence-corrected chi connectivity index (χ2v) is 7.58. The van der Waals surface area contributed by atoms with Crippen LogP contribution in [-0.4, -0.2) is 35.4 Å². The first-order valence-corrected chi connectivity index (χ1v) is 10.4. The Morgan fingerprint density at radius 2 is 1.82 bits per heavy atom. The van der Waals surface area contributed by atoms with Crippen LogP contribution in [0.3, 0.4) is 0 Å². The van der Waals surface area contributed by atoms with Crippen molar-refractivity contribution in [2.24, 2.45) is 0 Å². The summed E-state index contributed by atoms with van der Waals surface area (Å²) in [5.41, 5.74) is 3.04. The lowest BCUT2D eigenvalue weighted by atomic mass is 10.1. The molecule has 3 heterocycles. The van der Waals surface area contributed by atoms with E-state index < -0.39 is 0 Å². The Kier molecular flexibility index (Phi) is 5.35. The number of aromatic nitrogens is 6. The summed E-state index contributed by atoms with van der Waals surface area (Å²) in [5.74, 6) is 0.553. The molecule has 0 radical (unpaired) electrons. The van der Waals surface area contributed by atoms with Gasteiger partial charge in [0.15, 0.2) is 11.5 Å². The number of carbonyl (C=O) groups is 1. The van der Waals surface area contributed by atoms with E-state index in [0.717, 1.165) is 11.3 Å². The molecule has 9 heteroatoms. The Balaban J connectivity index is 1.45. The van der Waals surface area contributed by atoms with Gasteiger partial charge in [0.25, 0.3) is 0 Å². The van der Waals surface area contributed by atoms with Crippen molar-refractivity contribution in [2.75, 3.05) is 5.32 Å². The lowest BCUT2D eigenvalue weighted by molar-refractivity contribution is -0.116. The van der Waals surface area contributed by atoms with Crippen LogP contribution in [0.15, 0.2) is 73.2 Å². The SMILES string of the molecule is Cc1cc(NC(=O)CCc2ccccc2)n(-c2ncnc3c2cnn3-c2ccc(F)cc2)n1. The quantitative estimate of drug-likeness (QED) is 0.430. The van der Waals surface area contributed by atoms with Crippen LogP contribution in [0, 0.1) is 12.7 Å². The Labute approximate surface area is 188 Å². The van der Waals surface area contributed by atoms with Crippen LogP contribution in [-0.2, 0) is 11.2 Å². The van der Waals surface area contributed by atoms with Gasteiger partial charge in [-0.2, -0.15) is 14.9 Å². The average molecular weight is 441 g/mol. The fourth-order valence-electron chi connectivity index (χ4n) is 3.63. The highest BCUT2D eigenvalue weighted by molar-refractivity contribution is 5.91. The van der Waals surface area contributed by atoms with Gasteiger partial charge in [0, 0.05) is 12.5 Å². The maximum Gasteiger partial charge on any atom is 0.225 e. The minimum atomic E-state index is -0.329. The largest absolute Gasteiger partial charge is 0.311 e. The third kappa shape index (κ3) is 4.20. The molecule has 1 amide bonds. The predicted octanol–water partition coefficient (Wildman–Crippen LogP) is 4.02. The molecule has 0 fully saturated rings. The average Bonchev–Trinajstić information content (AvgIpc) is 3.42. The molecule has 33 heavy (non-hydrogen) atoms. The normalized spacial score (nSPS) is 11.1. The number of rotatable bonds is 6. The molecule has 5 rings (SSSR count). The molecular formula is C24H20FN7O. The van der Waals surface area contributed by atoms with Gasteiger partial charge in [0.05, 0.1) is 23.0 Å². The topological polar surface area (TPSA) is 90.5 Å². The number of amides is 1. The number of anilines is 1. The first-order valence-electron chi connectivity index (χ1n) is 10.4. The van der Waals surface area contributed by atoms with Gasteiger partial charge in [0.1, 0.15) is 18.0 Å². The number of fused-ring (bicyclic) bond motifs is 1. The highest BCUT2D eigenvalue weighted by Crippen LogP contribution is 2.24. The van der Waals surface area contributed by atoms with E-state index in [4.69, 9.17) is 0 Å². The van der Waals surface area contributed by atoms with Crippen LogP contribution in [0.5, 0.6) is 0 Å². The van der Waals surface area contributed by atoms with Crippen LogP contribution in [0.2, 0.25) is 0 Å². The van der Waals surface area contributed by atoms with Crippen LogP contribution in [0.4, 0.5) is 10.2 Å². The highest BCUT2D eigenvalue weighted by Gasteiger charge is 2.17. The summed E-state index contributed by atoms with van der Waals surface area (Å²) in [4.78, 5) is 21.4. The molecule has 0 saturated carbocycles. The lowest BCUT2D eigenvalue weighted by Gasteiger charge is -2.09. The molecule has 0 unspecified atom stereocenters. The monoisotopic (exact) mass is 441 g/mol. The maximum atomic E-state index is 13.3. The summed E-state index contributed by atoms with van der Waals surface area (Å²) < 4.78 is 16.5. The fourth-order valence-corrected chi connectivity index (χ4v) is 3.63. The van der Waals surface area contributed by atoms with E-state index >= 15 is 0 Å². The molecule has 0 atom stereocenters. The Morgan fingerprint density at radius 3 is 2.61 bits per heavy atom. The summed E-state index contributed by atoms with van der Waals surface area (Å²) in [7, 11) is 0. The fraction of sp³-hybridized carbons (Fsp3) is 0.125. The zero-order valence-corrected chi connectivity index (χ0v) is 17.8. The molecule has 0 aliphatic rings. The van der Waals surface area contributed by atoms with Crippen molar-refractivity contribution < 1.29 is 9.18 Å². The summed E-state index contributed by atoms with van der Waals surface area (Å²) in [6, 6.07) is 17.6. The molecule has 0 aliphatic carbocycles. The number of benzene rings is 2. The Morgan fingerprint density at radius 1 is 1.03 bits per heavy atom. The first kappa shape index (κ1) is 20.5. The maximum absolute atomic E-state index is 13.3. The number of hydrogen-bond donors (Lipinski definition) is 1. The molecule has 5 aromatic rings. The second-order valence-electron chi connectivity index (χ2n) is 7.58. The van der Waals surface area contributed by atoms with Gasteiger partial charge in [-0.3, -0.25) is 4.79 Å². The third-order valence-corrected chi connectivity index (χ3v) is 5.20. The van der Waals surface area contributed by atoms with Crippen molar-refractivity contribution in [2.45, 2.75) is 19.8 Å². The molecule has 1 N–H and O–H groups in total. The van der Waals surface area contributed by atoms with Crippen LogP contribution in [0.25, 0.3) is 22.5 Å². The summed E-state index contributed by atoms with van der Waals surface area (Å²) >= 11 is 0. The summed E-state index contributed by atoms with van der Waals surface area (Å²) in [6.07, 6.45) is 4.03. The Bertz CT molecular complexity index is 1420. The van der Waals surface area contributed by atoms with Crippen molar-refractivity contribution in [1.82, 2.24) is 29.5 Å². The lowest BCUT2D eigenvalue weighted by Crippen LogP contribution is -2.16. The second kappa shape index (κ2) is 8.62. The van der Waals surface area contributed by atoms with E-state index in [1.807, 2.05) is 37.3 Å². The molecule has 2 aromatic carbocycles. The van der Waals surface area contributed by atoms with Crippen LogP contribution in [0.1, 0.15) is 17.7 Å². The molecule has 8 nitrogen and oxygen atoms in total. The van der Waals surface area contributed by atoms with E-state index in [1.165, 1.54) is 18.5 Å². The molecule has 0 aliphatic heterocycles. The van der Waals surface area contributed by atoms with Gasteiger partial charge in [-0.1, -0.05) is 30.3 Å². The minimum Gasteiger partial charge on any atom is -0.311 e. The van der Waals surface area contributed by atoms with Gasteiger partial charge < -0.3 is 5.32 Å². The standard InChI is InChI=1S/C24H20FN7O/c1-16-13-21(29-22(33)12-7-17-5-3-2-4-6-17)32(30-16)24-20-14-28-31(23(20)26-15-27-24)19-10-8-18(25)9-11-19/h2-6,8-11,13-15H,7,12H2,1H3,(H,29,33). The highest BCUT2D eigenvalue weighted by atomic mass is 19.1. The van der Waals surface area contributed by atoms with Gasteiger partial charge >= 0.3 is 0 Å². The van der Waals surface area contributed by atoms with E-state index in [1.54, 1.807) is 33.8 Å². The van der Waals surface area contributed by atoms with E-state index in [-0.39, 0.29) is 11.7 Å². The number of aryl methyl sites for hydroxylation is 2. The number of hydrogen-bond acceptors (Lipinski definition) is 5. The van der Waals surface area contributed by atoms with Crippen LogP contribution < -0.4 is 5.32 Å². The van der Waals surface area contributed by atoms with E-state index in [0.29, 0.717) is 41.2 Å². The van der Waals surface area contributed by atoms with Gasteiger partial charge in [-0.25, -0.2) is 19.0 Å². The number of carbonyl (C=O) groups excluding carboxylic acids is 1. The number of nitrogens with one attached hydrogen (secondary N) is 1. The number of halogens is 1. The predicted molar refractivity (Wildman–Crippen MR) is 122 cm³/mol. The molecular weight excluding hydrogens is 421 g/mol. The summed E-state index contributed by atoms with van der Waals surface area (Å²) in [6.45, 7) is 1.84. The zero-order valence-electron chi connectivity index (χ0n) is 17.8. The van der Waals surface area contributed by atoms with E-state index in [2.05, 4.69) is 25.5 Å². The number of nitrogens with zero attached hydrogens (tertiary/aromatic N) is 6. The van der Waals surface area contributed by atoms with E-state index in [9.17, 15) is 9.18 Å². The molecule has 0 saturated heterocycles. The van der Waals surface area contributed by atoms with Crippen molar-refractivity contribution in [3.8, 4) is 11.5 Å². The minimum absolute atomic E-state index is 0.118. The van der Waals surface area contributed by atoms with Gasteiger partial charge in [0.2, 0.25) is 5.91 Å². The zero-order chi connectivity index (χ0) is 22.8. The van der Waals surface area contributed by atoms with Crippen molar-refractivity contribution in [1.29, 1.82) is 0 Å². The smallest absolute Gasteiger partial charge is 0.225 e. The first-order chi connectivity index (χ1) is 16.1. The molecule has 0 spiro atoms. The van der Waals surface area contributed by atoms with Crippen LogP contribution >= 0.6 is 0 Å². The Hall–Kier alpha value is -4.40.